The molecule has 2 amide bonds. The minimum Gasteiger partial charge on any atom is -0.474 e. The van der Waals surface area contributed by atoms with Gasteiger partial charge in [-0.3, -0.25) is 9.59 Å². The van der Waals surface area contributed by atoms with Gasteiger partial charge in [0.1, 0.15) is 0 Å². The number of carboxylic acids is 1. The van der Waals surface area contributed by atoms with Gasteiger partial charge >= 0.3 is 11.9 Å². The number of hydrogen-bond acceptors (Lipinski definition) is 3. The van der Waals surface area contributed by atoms with Crippen LogP contribution in [0.2, 0.25) is 0 Å². The fourth-order valence-corrected chi connectivity index (χ4v) is 4.95. The summed E-state index contributed by atoms with van der Waals surface area (Å²) in [5.41, 5.74) is 5.44. The summed E-state index contributed by atoms with van der Waals surface area (Å²) in [7, 11) is 0. The van der Waals surface area contributed by atoms with Crippen molar-refractivity contribution in [1.29, 1.82) is 0 Å². The van der Waals surface area contributed by atoms with Gasteiger partial charge in [-0.05, 0) is 81.1 Å². The molecule has 0 aromatic heterocycles. The van der Waals surface area contributed by atoms with E-state index in [9.17, 15) is 19.5 Å². The topological polar surface area (TPSA) is 86.7 Å². The molecule has 0 unspecified atom stereocenters. The highest BCUT2D eigenvalue weighted by Crippen LogP contribution is 2.22. The Hall–Kier alpha value is -3.50. The van der Waals surface area contributed by atoms with Crippen LogP contribution in [0.1, 0.15) is 27.0 Å². The van der Waals surface area contributed by atoms with E-state index in [2.05, 4.69) is 80.2 Å². The average Bonchev–Trinajstić information content (AvgIpc) is 2.95. The highest BCUT2D eigenvalue weighted by molar-refractivity contribution is 14.1. The molecule has 198 valence electrons. The molecule has 4 aromatic rings. The van der Waals surface area contributed by atoms with E-state index < -0.39 is 11.9 Å². The largest absolute Gasteiger partial charge is 0.474 e. The summed E-state index contributed by atoms with van der Waals surface area (Å²) in [5, 5.41) is 12.3. The Morgan fingerprint density at radius 2 is 1.44 bits per heavy atom. The molecule has 0 atom stereocenters. The molecule has 0 heterocycles. The molecule has 0 bridgehead atoms. The lowest BCUT2D eigenvalue weighted by Gasteiger charge is -2.22. The predicted molar refractivity (Wildman–Crippen MR) is 163 cm³/mol. The van der Waals surface area contributed by atoms with Crippen LogP contribution in [0, 0.1) is 3.57 Å². The first kappa shape index (κ1) is 28.5. The number of aliphatic carboxylic acids is 1. The minimum absolute atomic E-state index is 0.0819. The Morgan fingerprint density at radius 3 is 2.08 bits per heavy atom. The second-order valence-electron chi connectivity index (χ2n) is 8.97. The quantitative estimate of drug-likeness (QED) is 0.159. The SMILES string of the molecule is O=C(O)C(=O)N(Cc1ccc(I)cc1)Cc1ccc(C(=O)NCCc2ccc(-c3ccccc3)cc2)cc1Br. The Labute approximate surface area is 249 Å². The third kappa shape index (κ3) is 8.00. The normalized spacial score (nSPS) is 10.6. The molecule has 0 saturated carbocycles. The van der Waals surface area contributed by atoms with Crippen molar-refractivity contribution in [2.75, 3.05) is 6.54 Å². The van der Waals surface area contributed by atoms with Gasteiger partial charge in [-0.15, -0.1) is 0 Å². The number of carbonyl (C=O) groups is 3. The lowest BCUT2D eigenvalue weighted by atomic mass is 10.0. The molecular weight excluding hydrogens is 671 g/mol. The number of hydrogen-bond donors (Lipinski definition) is 2. The van der Waals surface area contributed by atoms with E-state index in [-0.39, 0.29) is 19.0 Å². The number of nitrogens with zero attached hydrogens (tertiary/aromatic N) is 1. The summed E-state index contributed by atoms with van der Waals surface area (Å²) in [6.07, 6.45) is 0.699. The fraction of sp³-hybridized carbons (Fsp3) is 0.129. The molecule has 0 radical (unpaired) electrons. The summed E-state index contributed by atoms with van der Waals surface area (Å²) in [6.45, 7) is 0.724. The number of rotatable bonds is 9. The van der Waals surface area contributed by atoms with E-state index >= 15 is 0 Å². The van der Waals surface area contributed by atoms with Gasteiger partial charge in [0.25, 0.3) is 5.91 Å². The van der Waals surface area contributed by atoms with E-state index in [4.69, 9.17) is 0 Å². The zero-order chi connectivity index (χ0) is 27.8. The molecular formula is C31H26BrIN2O4. The van der Waals surface area contributed by atoms with Crippen LogP contribution in [0.5, 0.6) is 0 Å². The number of benzene rings is 4. The molecule has 0 spiro atoms. The third-order valence-corrected chi connectivity index (χ3v) is 7.65. The molecule has 2 N–H and O–H groups in total. The van der Waals surface area contributed by atoms with Crippen molar-refractivity contribution in [1.82, 2.24) is 10.2 Å². The van der Waals surface area contributed by atoms with E-state index in [0.717, 1.165) is 25.8 Å². The highest BCUT2D eigenvalue weighted by Gasteiger charge is 2.22. The summed E-state index contributed by atoms with van der Waals surface area (Å²) < 4.78 is 1.67. The van der Waals surface area contributed by atoms with E-state index in [0.29, 0.717) is 28.6 Å². The molecule has 0 saturated heterocycles. The second-order valence-corrected chi connectivity index (χ2v) is 11.1. The zero-order valence-corrected chi connectivity index (χ0v) is 24.7. The van der Waals surface area contributed by atoms with Gasteiger partial charge in [-0.1, -0.05) is 88.7 Å². The Bertz CT molecular complexity index is 1460. The number of nitrogens with one attached hydrogen (secondary N) is 1. The van der Waals surface area contributed by atoms with Gasteiger partial charge in [0.2, 0.25) is 0 Å². The standard InChI is InChI=1S/C31H26BrIN2O4/c32-28-18-25(29(36)34-17-16-21-6-10-24(11-7-21)23-4-2-1-3-5-23)12-13-26(28)20-35(30(37)31(38)39)19-22-8-14-27(33)15-9-22/h1-15,18H,16-17,19-20H2,(H,34,36)(H,38,39). The van der Waals surface area contributed by atoms with E-state index in [1.54, 1.807) is 18.2 Å². The van der Waals surface area contributed by atoms with E-state index in [1.165, 1.54) is 4.90 Å². The summed E-state index contributed by atoms with van der Waals surface area (Å²) in [5.74, 6) is -2.71. The van der Waals surface area contributed by atoms with Crippen LogP contribution in [0.15, 0.2) is 102 Å². The average molecular weight is 697 g/mol. The van der Waals surface area contributed by atoms with Crippen LogP contribution in [-0.4, -0.2) is 34.3 Å². The van der Waals surface area contributed by atoms with Crippen LogP contribution < -0.4 is 5.32 Å². The summed E-state index contributed by atoms with van der Waals surface area (Å²) >= 11 is 5.68. The van der Waals surface area contributed by atoms with Crippen molar-refractivity contribution in [3.63, 3.8) is 0 Å². The van der Waals surface area contributed by atoms with Crippen molar-refractivity contribution in [2.24, 2.45) is 0 Å². The van der Waals surface area contributed by atoms with Crippen LogP contribution in [0.25, 0.3) is 11.1 Å². The second kappa shape index (κ2) is 13.5. The Balaban J connectivity index is 1.35. The van der Waals surface area contributed by atoms with Crippen molar-refractivity contribution in [3.05, 3.63) is 127 Å². The predicted octanol–water partition coefficient (Wildman–Crippen LogP) is 6.31. The van der Waals surface area contributed by atoms with Gasteiger partial charge in [0.15, 0.2) is 0 Å². The van der Waals surface area contributed by atoms with Crippen LogP contribution in [0.3, 0.4) is 0 Å². The summed E-state index contributed by atoms with van der Waals surface area (Å²) in [4.78, 5) is 37.8. The molecule has 39 heavy (non-hydrogen) atoms. The maximum Gasteiger partial charge on any atom is 0.394 e. The lowest BCUT2D eigenvalue weighted by molar-refractivity contribution is -0.156. The smallest absolute Gasteiger partial charge is 0.394 e. The number of amides is 2. The van der Waals surface area contributed by atoms with Crippen molar-refractivity contribution in [3.8, 4) is 11.1 Å². The first-order valence-corrected chi connectivity index (χ1v) is 14.1. The molecule has 0 aliphatic carbocycles. The van der Waals surface area contributed by atoms with Gasteiger partial charge in [-0.25, -0.2) is 4.79 Å². The molecule has 4 aromatic carbocycles. The Morgan fingerprint density at radius 1 is 0.795 bits per heavy atom. The maximum absolute atomic E-state index is 12.8. The van der Waals surface area contributed by atoms with Gasteiger partial charge in [-0.2, -0.15) is 0 Å². The van der Waals surface area contributed by atoms with Crippen LogP contribution in [0.4, 0.5) is 0 Å². The number of carboxylic acid groups (broad SMARTS) is 1. The van der Waals surface area contributed by atoms with Crippen molar-refractivity contribution in [2.45, 2.75) is 19.5 Å². The van der Waals surface area contributed by atoms with Gasteiger partial charge in [0, 0.05) is 33.2 Å². The molecule has 4 rings (SSSR count). The monoisotopic (exact) mass is 696 g/mol. The molecule has 0 aliphatic rings. The maximum atomic E-state index is 12.8. The first-order chi connectivity index (χ1) is 18.8. The van der Waals surface area contributed by atoms with Crippen molar-refractivity contribution < 1.29 is 19.5 Å². The zero-order valence-electron chi connectivity index (χ0n) is 20.9. The number of halogens is 2. The van der Waals surface area contributed by atoms with Gasteiger partial charge < -0.3 is 15.3 Å². The van der Waals surface area contributed by atoms with Gasteiger partial charge in [0.05, 0.1) is 0 Å². The molecule has 0 fully saturated rings. The van der Waals surface area contributed by atoms with Crippen molar-refractivity contribution >= 4 is 56.3 Å². The highest BCUT2D eigenvalue weighted by atomic mass is 127. The summed E-state index contributed by atoms with van der Waals surface area (Å²) in [6, 6.07) is 31.1. The first-order valence-electron chi connectivity index (χ1n) is 12.3. The van der Waals surface area contributed by atoms with Crippen LogP contribution >= 0.6 is 38.5 Å². The fourth-order valence-electron chi connectivity index (χ4n) is 4.08. The lowest BCUT2D eigenvalue weighted by Crippen LogP contribution is -2.35. The molecule has 8 heteroatoms. The minimum atomic E-state index is -1.51. The molecule has 6 nitrogen and oxygen atoms in total. The Kier molecular flexibility index (Phi) is 9.89. The molecule has 0 aliphatic heterocycles. The van der Waals surface area contributed by atoms with E-state index in [1.807, 2.05) is 42.5 Å². The van der Waals surface area contributed by atoms with Crippen LogP contribution in [-0.2, 0) is 29.1 Å². The third-order valence-electron chi connectivity index (χ3n) is 6.19. The number of carbonyl (C=O) groups excluding carboxylic acids is 2.